The molecule has 0 saturated carbocycles. The van der Waals surface area contributed by atoms with Crippen molar-refractivity contribution in [3.63, 3.8) is 0 Å². The molecule has 78 valence electrons. The first kappa shape index (κ1) is 13.3. The molecule has 0 aliphatic rings. The molecule has 0 heterocycles. The second-order valence-electron chi connectivity index (χ2n) is 3.73. The van der Waals surface area contributed by atoms with E-state index in [0.717, 1.165) is 5.75 Å². The first-order chi connectivity index (χ1) is 5.99. The van der Waals surface area contributed by atoms with E-state index in [0.29, 0.717) is 6.04 Å². The Morgan fingerprint density at radius 3 is 2.23 bits per heavy atom. The summed E-state index contributed by atoms with van der Waals surface area (Å²) < 4.78 is 0. The van der Waals surface area contributed by atoms with E-state index in [9.17, 15) is 4.79 Å². The summed E-state index contributed by atoms with van der Waals surface area (Å²) in [6, 6.07) is 0.288. The molecule has 0 rings (SSSR count). The highest BCUT2D eigenvalue weighted by molar-refractivity contribution is 8.68. The van der Waals surface area contributed by atoms with Gasteiger partial charge in [-0.1, -0.05) is 38.5 Å². The van der Waals surface area contributed by atoms with E-state index in [1.807, 2.05) is 27.7 Å². The van der Waals surface area contributed by atoms with Crippen molar-refractivity contribution in [2.24, 2.45) is 5.92 Å². The van der Waals surface area contributed by atoms with Crippen LogP contribution < -0.4 is 5.32 Å². The molecule has 1 N–H and O–H groups in total. The van der Waals surface area contributed by atoms with Crippen molar-refractivity contribution in [2.45, 2.75) is 39.8 Å². The molecular weight excluding hydrogens is 202 g/mol. The van der Waals surface area contributed by atoms with Crippen LogP contribution in [0.5, 0.6) is 0 Å². The molecular formula is C9H19NOS2. The predicted molar refractivity (Wildman–Crippen MR) is 63.3 cm³/mol. The zero-order valence-electron chi connectivity index (χ0n) is 8.70. The molecule has 0 spiro atoms. The Hall–Kier alpha value is 0.330. The third-order valence-electron chi connectivity index (χ3n) is 1.69. The summed E-state index contributed by atoms with van der Waals surface area (Å²) >= 11 is 4.07. The van der Waals surface area contributed by atoms with Gasteiger partial charge in [0.2, 0.25) is 0 Å². The molecule has 0 aromatic carbocycles. The third kappa shape index (κ3) is 5.60. The van der Waals surface area contributed by atoms with E-state index in [1.165, 1.54) is 10.8 Å². The van der Waals surface area contributed by atoms with Crippen LogP contribution in [0.15, 0.2) is 0 Å². The first-order valence-electron chi connectivity index (χ1n) is 4.55. The summed E-state index contributed by atoms with van der Waals surface area (Å²) in [6.45, 7) is 7.95. The van der Waals surface area contributed by atoms with Crippen molar-refractivity contribution in [2.75, 3.05) is 5.75 Å². The van der Waals surface area contributed by atoms with Crippen LogP contribution in [-0.2, 0) is 4.79 Å². The smallest absolute Gasteiger partial charge is 0.153 e. The minimum atomic E-state index is -0.0532. The monoisotopic (exact) mass is 221 g/mol. The predicted octanol–water partition coefficient (Wildman–Crippen LogP) is 2.16. The number of carbonyl (C=O) groups excluding carboxylic acids is 1. The molecule has 0 aromatic rings. The van der Waals surface area contributed by atoms with Crippen molar-refractivity contribution in [3.05, 3.63) is 0 Å². The van der Waals surface area contributed by atoms with Crippen LogP contribution in [0.2, 0.25) is 0 Å². The highest BCUT2D eigenvalue weighted by Crippen LogP contribution is 2.11. The Kier molecular flexibility index (Phi) is 6.91. The van der Waals surface area contributed by atoms with Gasteiger partial charge >= 0.3 is 0 Å². The van der Waals surface area contributed by atoms with Gasteiger partial charge in [0.1, 0.15) is 0 Å². The second kappa shape index (κ2) is 6.74. The molecule has 13 heavy (non-hydrogen) atoms. The molecule has 0 bridgehead atoms. The van der Waals surface area contributed by atoms with E-state index in [4.69, 9.17) is 0 Å². The largest absolute Gasteiger partial charge is 0.305 e. The number of thiol groups is 1. The molecule has 1 unspecified atom stereocenters. The van der Waals surface area contributed by atoms with E-state index in [-0.39, 0.29) is 17.7 Å². The number of Topliss-reactive ketones (excluding diaryl/α,β-unsaturated/α-hetero) is 1. The summed E-state index contributed by atoms with van der Waals surface area (Å²) in [5.41, 5.74) is 0. The summed E-state index contributed by atoms with van der Waals surface area (Å²) in [7, 11) is 1.41. The van der Waals surface area contributed by atoms with Gasteiger partial charge in [0.05, 0.1) is 6.04 Å². The average Bonchev–Trinajstić information content (AvgIpc) is 2.01. The molecule has 0 radical (unpaired) electrons. The lowest BCUT2D eigenvalue weighted by Crippen LogP contribution is -2.44. The van der Waals surface area contributed by atoms with Crippen LogP contribution in [0.25, 0.3) is 0 Å². The summed E-state index contributed by atoms with van der Waals surface area (Å²) in [5, 5.41) is 3.24. The minimum Gasteiger partial charge on any atom is -0.305 e. The fourth-order valence-corrected chi connectivity index (χ4v) is 1.95. The Labute approximate surface area is 90.0 Å². The Bertz CT molecular complexity index is 160. The zero-order valence-corrected chi connectivity index (χ0v) is 10.4. The van der Waals surface area contributed by atoms with Gasteiger partial charge in [0, 0.05) is 17.7 Å². The van der Waals surface area contributed by atoms with Gasteiger partial charge in [-0.15, -0.1) is 11.7 Å². The number of rotatable bonds is 6. The van der Waals surface area contributed by atoms with Crippen molar-refractivity contribution >= 4 is 28.2 Å². The standard InChI is InChI=1S/C9H19NOS2/c1-6(2)9(11)8(5-13-12)10-7(3)4/h6-8,10,12H,5H2,1-4H3. The van der Waals surface area contributed by atoms with Crippen LogP contribution in [-0.4, -0.2) is 23.6 Å². The molecule has 0 saturated heterocycles. The SMILES string of the molecule is CC(C)NC(CSS)C(=O)C(C)C. The van der Waals surface area contributed by atoms with E-state index in [2.05, 4.69) is 17.0 Å². The number of hydrogen-bond donors (Lipinski definition) is 2. The molecule has 1 atom stereocenters. The first-order valence-corrected chi connectivity index (χ1v) is 6.59. The zero-order chi connectivity index (χ0) is 10.4. The van der Waals surface area contributed by atoms with Crippen molar-refractivity contribution in [3.8, 4) is 0 Å². The van der Waals surface area contributed by atoms with Crippen LogP contribution >= 0.6 is 22.5 Å². The van der Waals surface area contributed by atoms with Gasteiger partial charge in [0.15, 0.2) is 5.78 Å². The van der Waals surface area contributed by atoms with Gasteiger partial charge in [-0.25, -0.2) is 0 Å². The van der Waals surface area contributed by atoms with Gasteiger partial charge in [-0.3, -0.25) is 4.79 Å². The molecule has 0 aromatic heterocycles. The number of ketones is 1. The van der Waals surface area contributed by atoms with E-state index < -0.39 is 0 Å². The van der Waals surface area contributed by atoms with Crippen LogP contribution in [0.4, 0.5) is 0 Å². The Morgan fingerprint density at radius 2 is 1.92 bits per heavy atom. The maximum atomic E-state index is 11.7. The summed E-state index contributed by atoms with van der Waals surface area (Å²) in [4.78, 5) is 11.7. The van der Waals surface area contributed by atoms with E-state index in [1.54, 1.807) is 0 Å². The highest BCUT2D eigenvalue weighted by Gasteiger charge is 2.20. The topological polar surface area (TPSA) is 29.1 Å². The second-order valence-corrected chi connectivity index (χ2v) is 5.09. The van der Waals surface area contributed by atoms with Crippen LogP contribution in [0.1, 0.15) is 27.7 Å². The lowest BCUT2D eigenvalue weighted by atomic mass is 10.0. The van der Waals surface area contributed by atoms with E-state index >= 15 is 0 Å². The van der Waals surface area contributed by atoms with Crippen LogP contribution in [0, 0.1) is 5.92 Å². The number of nitrogens with one attached hydrogen (secondary N) is 1. The van der Waals surface area contributed by atoms with Crippen molar-refractivity contribution in [1.82, 2.24) is 5.32 Å². The fourth-order valence-electron chi connectivity index (χ4n) is 1.09. The lowest BCUT2D eigenvalue weighted by Gasteiger charge is -2.20. The molecule has 0 aliphatic carbocycles. The Morgan fingerprint density at radius 1 is 1.38 bits per heavy atom. The van der Waals surface area contributed by atoms with Gasteiger partial charge in [0.25, 0.3) is 0 Å². The molecule has 4 heteroatoms. The van der Waals surface area contributed by atoms with Gasteiger partial charge < -0.3 is 5.32 Å². The minimum absolute atomic E-state index is 0.0532. The number of hydrogen-bond acceptors (Lipinski definition) is 4. The van der Waals surface area contributed by atoms with Crippen molar-refractivity contribution < 1.29 is 4.79 Å². The fraction of sp³-hybridized carbons (Fsp3) is 0.889. The molecule has 0 aliphatic heterocycles. The number of carbonyl (C=O) groups is 1. The molecule has 0 amide bonds. The third-order valence-corrected chi connectivity index (χ3v) is 2.62. The molecule has 0 fully saturated rings. The van der Waals surface area contributed by atoms with Crippen LogP contribution in [0.3, 0.4) is 0 Å². The van der Waals surface area contributed by atoms with Gasteiger partial charge in [-0.05, 0) is 0 Å². The Balaban J connectivity index is 4.15. The molecule has 2 nitrogen and oxygen atoms in total. The lowest BCUT2D eigenvalue weighted by molar-refractivity contribution is -0.123. The summed E-state index contributed by atoms with van der Waals surface area (Å²) in [5.74, 6) is 1.10. The maximum absolute atomic E-state index is 11.7. The summed E-state index contributed by atoms with van der Waals surface area (Å²) in [6.07, 6.45) is 0. The van der Waals surface area contributed by atoms with Crippen molar-refractivity contribution in [1.29, 1.82) is 0 Å². The quantitative estimate of drug-likeness (QED) is 0.532. The highest BCUT2D eigenvalue weighted by atomic mass is 33.1. The normalized spacial score (nSPS) is 13.8. The van der Waals surface area contributed by atoms with Gasteiger partial charge in [-0.2, -0.15) is 0 Å². The average molecular weight is 221 g/mol. The maximum Gasteiger partial charge on any atom is 0.153 e.